The molecule has 8 heteroatoms. The van der Waals surface area contributed by atoms with Crippen molar-refractivity contribution in [3.05, 3.63) is 17.5 Å². The summed E-state index contributed by atoms with van der Waals surface area (Å²) >= 11 is 0. The molecule has 21 heavy (non-hydrogen) atoms. The molecule has 0 spiro atoms. The highest BCUT2D eigenvalue weighted by molar-refractivity contribution is 5.98. The van der Waals surface area contributed by atoms with E-state index in [9.17, 15) is 14.4 Å². The number of hydrogen-bond donors (Lipinski definition) is 3. The second-order valence-corrected chi connectivity index (χ2v) is 5.56. The fourth-order valence-corrected chi connectivity index (χ4v) is 1.57. The van der Waals surface area contributed by atoms with E-state index in [4.69, 9.17) is 9.84 Å². The third-order valence-corrected chi connectivity index (χ3v) is 2.47. The van der Waals surface area contributed by atoms with E-state index in [1.165, 1.54) is 6.20 Å². The van der Waals surface area contributed by atoms with Crippen molar-refractivity contribution < 1.29 is 24.2 Å². The van der Waals surface area contributed by atoms with Crippen molar-refractivity contribution >= 4 is 17.8 Å². The van der Waals surface area contributed by atoms with Crippen molar-refractivity contribution in [2.75, 3.05) is 0 Å². The molecule has 0 unspecified atom stereocenters. The van der Waals surface area contributed by atoms with Crippen LogP contribution in [0.4, 0.5) is 0 Å². The number of ether oxygens (including phenoxy) is 1. The number of hydrogen-bond acceptors (Lipinski definition) is 5. The summed E-state index contributed by atoms with van der Waals surface area (Å²) < 4.78 is 5.04. The van der Waals surface area contributed by atoms with Crippen molar-refractivity contribution in [3.63, 3.8) is 0 Å². The Morgan fingerprint density at radius 1 is 1.43 bits per heavy atom. The van der Waals surface area contributed by atoms with Gasteiger partial charge in [-0.05, 0) is 27.7 Å². The van der Waals surface area contributed by atoms with Gasteiger partial charge < -0.3 is 15.2 Å². The quantitative estimate of drug-likeness (QED) is 0.685. The smallest absolute Gasteiger partial charge is 0.326 e. The zero-order valence-electron chi connectivity index (χ0n) is 12.4. The predicted octanol–water partition coefficient (Wildman–Crippen LogP) is 0.633. The number of esters is 1. The molecule has 8 nitrogen and oxygen atoms in total. The van der Waals surface area contributed by atoms with Gasteiger partial charge in [0.2, 0.25) is 0 Å². The SMILES string of the molecule is Cc1[nH]ncc1C(=O)N[C@@H](CC(=O)OC(C)(C)C)C(=O)O. The molecule has 0 aliphatic heterocycles. The molecule has 0 radical (unpaired) electrons. The molecule has 0 aliphatic carbocycles. The van der Waals surface area contributed by atoms with Crippen molar-refractivity contribution in [2.24, 2.45) is 0 Å². The first kappa shape index (κ1) is 16.7. The highest BCUT2D eigenvalue weighted by atomic mass is 16.6. The zero-order valence-corrected chi connectivity index (χ0v) is 12.4. The van der Waals surface area contributed by atoms with Crippen LogP contribution in [0.1, 0.15) is 43.2 Å². The molecule has 1 amide bonds. The van der Waals surface area contributed by atoms with Crippen LogP contribution in [0.25, 0.3) is 0 Å². The molecule has 0 aliphatic rings. The fraction of sp³-hybridized carbons (Fsp3) is 0.538. The van der Waals surface area contributed by atoms with Gasteiger partial charge in [0, 0.05) is 5.69 Å². The number of aromatic nitrogens is 2. The molecular formula is C13H19N3O5. The average molecular weight is 297 g/mol. The first-order valence-corrected chi connectivity index (χ1v) is 6.35. The van der Waals surface area contributed by atoms with Gasteiger partial charge in [0.1, 0.15) is 11.6 Å². The van der Waals surface area contributed by atoms with Gasteiger partial charge in [-0.2, -0.15) is 5.10 Å². The molecule has 3 N–H and O–H groups in total. The number of amides is 1. The van der Waals surface area contributed by atoms with Crippen LogP contribution in [-0.4, -0.2) is 44.8 Å². The summed E-state index contributed by atoms with van der Waals surface area (Å²) in [5.74, 6) is -2.62. The second-order valence-electron chi connectivity index (χ2n) is 5.56. The summed E-state index contributed by atoms with van der Waals surface area (Å²) in [5, 5.41) is 17.6. The van der Waals surface area contributed by atoms with Crippen LogP contribution in [0, 0.1) is 6.92 Å². The fourth-order valence-electron chi connectivity index (χ4n) is 1.57. The Morgan fingerprint density at radius 3 is 2.48 bits per heavy atom. The van der Waals surface area contributed by atoms with E-state index in [2.05, 4.69) is 15.5 Å². The van der Waals surface area contributed by atoms with Crippen LogP contribution in [0.5, 0.6) is 0 Å². The Kier molecular flexibility index (Phi) is 5.07. The van der Waals surface area contributed by atoms with Crippen LogP contribution in [0.3, 0.4) is 0 Å². The van der Waals surface area contributed by atoms with Crippen molar-refractivity contribution in [3.8, 4) is 0 Å². The van der Waals surface area contributed by atoms with Crippen molar-refractivity contribution in [2.45, 2.75) is 45.8 Å². The molecule has 0 saturated carbocycles. The molecule has 1 rings (SSSR count). The van der Waals surface area contributed by atoms with Gasteiger partial charge in [0.25, 0.3) is 5.91 Å². The molecule has 1 atom stereocenters. The van der Waals surface area contributed by atoms with E-state index in [-0.39, 0.29) is 5.56 Å². The number of rotatable bonds is 5. The largest absolute Gasteiger partial charge is 0.480 e. The number of carbonyl (C=O) groups is 3. The highest BCUT2D eigenvalue weighted by Crippen LogP contribution is 2.10. The van der Waals surface area contributed by atoms with Gasteiger partial charge in [-0.15, -0.1) is 0 Å². The lowest BCUT2D eigenvalue weighted by molar-refractivity contribution is -0.158. The van der Waals surface area contributed by atoms with Crippen LogP contribution in [0.2, 0.25) is 0 Å². The number of carbonyl (C=O) groups excluding carboxylic acids is 2. The van der Waals surface area contributed by atoms with E-state index in [1.54, 1.807) is 27.7 Å². The van der Waals surface area contributed by atoms with Crippen LogP contribution < -0.4 is 5.32 Å². The molecule has 1 aromatic heterocycles. The van der Waals surface area contributed by atoms with Gasteiger partial charge in [-0.3, -0.25) is 14.7 Å². The number of aromatic amines is 1. The lowest BCUT2D eigenvalue weighted by atomic mass is 10.1. The Bertz CT molecular complexity index is 544. The minimum Gasteiger partial charge on any atom is -0.480 e. The predicted molar refractivity (Wildman–Crippen MR) is 72.7 cm³/mol. The minimum atomic E-state index is -1.36. The number of nitrogens with zero attached hydrogens (tertiary/aromatic N) is 1. The van der Waals surface area contributed by atoms with E-state index in [1.807, 2.05) is 0 Å². The Balaban J connectivity index is 2.71. The summed E-state index contributed by atoms with van der Waals surface area (Å²) in [4.78, 5) is 34.7. The number of carboxylic acids is 1. The summed E-state index contributed by atoms with van der Waals surface area (Å²) in [6.45, 7) is 6.65. The van der Waals surface area contributed by atoms with Crippen LogP contribution >= 0.6 is 0 Å². The van der Waals surface area contributed by atoms with E-state index in [0.29, 0.717) is 5.69 Å². The van der Waals surface area contributed by atoms with Gasteiger partial charge in [0.05, 0.1) is 18.2 Å². The first-order chi connectivity index (χ1) is 9.60. The summed E-state index contributed by atoms with van der Waals surface area (Å²) in [5.41, 5.74) is 0.0185. The average Bonchev–Trinajstić information content (AvgIpc) is 2.71. The van der Waals surface area contributed by atoms with Crippen molar-refractivity contribution in [1.82, 2.24) is 15.5 Å². The van der Waals surface area contributed by atoms with Gasteiger partial charge in [0.15, 0.2) is 0 Å². The topological polar surface area (TPSA) is 121 Å². The van der Waals surface area contributed by atoms with Crippen molar-refractivity contribution in [1.29, 1.82) is 0 Å². The lowest BCUT2D eigenvalue weighted by Gasteiger charge is -2.21. The highest BCUT2D eigenvalue weighted by Gasteiger charge is 2.27. The maximum Gasteiger partial charge on any atom is 0.326 e. The molecular weight excluding hydrogens is 278 g/mol. The van der Waals surface area contributed by atoms with Gasteiger partial charge >= 0.3 is 11.9 Å². The Labute approximate surface area is 121 Å². The summed E-state index contributed by atoms with van der Waals surface area (Å²) in [7, 11) is 0. The second kappa shape index (κ2) is 6.38. The third-order valence-electron chi connectivity index (χ3n) is 2.47. The molecule has 1 aromatic rings. The van der Waals surface area contributed by atoms with Gasteiger partial charge in [-0.25, -0.2) is 4.79 Å². The number of aryl methyl sites for hydroxylation is 1. The third kappa shape index (κ3) is 5.25. The number of nitrogens with one attached hydrogen (secondary N) is 2. The zero-order chi connectivity index (χ0) is 16.2. The standard InChI is InChI=1S/C13H19N3O5/c1-7-8(6-14-16-7)11(18)15-9(12(19)20)5-10(17)21-13(2,3)4/h6,9H,5H2,1-4H3,(H,14,16)(H,15,18)(H,19,20)/t9-/m0/s1. The number of aliphatic carboxylic acids is 1. The minimum absolute atomic E-state index is 0.227. The lowest BCUT2D eigenvalue weighted by Crippen LogP contribution is -2.43. The van der Waals surface area contributed by atoms with Crippen LogP contribution in [-0.2, 0) is 14.3 Å². The molecule has 0 aromatic carbocycles. The molecule has 1 heterocycles. The monoisotopic (exact) mass is 297 g/mol. The summed E-state index contributed by atoms with van der Waals surface area (Å²) in [6, 6.07) is -1.36. The van der Waals surface area contributed by atoms with Gasteiger partial charge in [-0.1, -0.05) is 0 Å². The number of H-pyrrole nitrogens is 1. The molecule has 0 bridgehead atoms. The maximum absolute atomic E-state index is 11.9. The van der Waals surface area contributed by atoms with E-state index < -0.39 is 35.9 Å². The van der Waals surface area contributed by atoms with E-state index >= 15 is 0 Å². The van der Waals surface area contributed by atoms with Crippen LogP contribution in [0.15, 0.2) is 6.20 Å². The summed E-state index contributed by atoms with van der Waals surface area (Å²) in [6.07, 6.45) is 0.840. The molecule has 0 fully saturated rings. The molecule has 0 saturated heterocycles. The molecule has 116 valence electrons. The first-order valence-electron chi connectivity index (χ1n) is 6.35. The Hall–Kier alpha value is -2.38. The maximum atomic E-state index is 11.9. The van der Waals surface area contributed by atoms with E-state index in [0.717, 1.165) is 0 Å². The number of carboxylic acid groups (broad SMARTS) is 1. The Morgan fingerprint density at radius 2 is 2.05 bits per heavy atom. The normalized spacial score (nSPS) is 12.6.